The van der Waals surface area contributed by atoms with Gasteiger partial charge in [0.15, 0.2) is 0 Å². The zero-order chi connectivity index (χ0) is 27.3. The monoisotopic (exact) mass is 622 g/mol. The molecule has 2 fully saturated rings. The van der Waals surface area contributed by atoms with Crippen molar-refractivity contribution >= 4 is 70.6 Å². The molecule has 2 rings (SSSR count). The summed E-state index contributed by atoms with van der Waals surface area (Å²) in [6.07, 6.45) is 5.50. The predicted octanol–water partition coefficient (Wildman–Crippen LogP) is 3.20. The van der Waals surface area contributed by atoms with Crippen molar-refractivity contribution in [1.29, 1.82) is 0 Å². The molecule has 0 aromatic heterocycles. The number of rotatable bonds is 18. The zero-order valence-electron chi connectivity index (χ0n) is 23.0. The second kappa shape index (κ2) is 33.1. The third kappa shape index (κ3) is 26.1. The molecule has 0 heterocycles. The minimum Gasteiger partial charge on any atom is -0.330 e. The van der Waals surface area contributed by atoms with Crippen molar-refractivity contribution in [3.63, 3.8) is 0 Å². The Kier molecular flexibility index (Phi) is 36.7. The van der Waals surface area contributed by atoms with Gasteiger partial charge in [0, 0.05) is 94.8 Å². The van der Waals surface area contributed by atoms with Crippen LogP contribution in [0.5, 0.6) is 0 Å². The molecule has 12 N–H and O–H groups in total. The Labute approximate surface area is 249 Å². The maximum atomic E-state index is 5.45. The van der Waals surface area contributed by atoms with Gasteiger partial charge in [0.25, 0.3) is 0 Å². The van der Waals surface area contributed by atoms with Crippen molar-refractivity contribution in [2.24, 2.45) is 34.4 Å². The van der Waals surface area contributed by atoms with Gasteiger partial charge in [-0.25, -0.2) is 0 Å². The minimum absolute atomic E-state index is 0.815. The normalized spacial score (nSPS) is 22.0. The lowest BCUT2D eigenvalue weighted by Gasteiger charge is -2.35. The van der Waals surface area contributed by atoms with Crippen LogP contribution < -0.4 is 34.4 Å². The van der Waals surface area contributed by atoms with Gasteiger partial charge >= 0.3 is 0 Å². The van der Waals surface area contributed by atoms with Crippen LogP contribution in [0.25, 0.3) is 0 Å². The predicted molar refractivity (Wildman–Crippen MR) is 184 cm³/mol. The molecule has 0 spiro atoms. The maximum Gasteiger partial charge on any atom is 0.0167 e. The summed E-state index contributed by atoms with van der Waals surface area (Å²) in [5, 5.41) is 3.52. The Bertz CT molecular complexity index is 369. The number of thioether (sulfide) groups is 6. The molecule has 2 aliphatic carbocycles. The Balaban J connectivity index is 0. The molecule has 2 unspecified atom stereocenters. The molecule has 36 heavy (non-hydrogen) atoms. The summed E-state index contributed by atoms with van der Waals surface area (Å²) >= 11 is 11.9. The molecule has 0 radical (unpaired) electrons. The van der Waals surface area contributed by atoms with Crippen molar-refractivity contribution < 1.29 is 0 Å². The molecule has 0 aromatic carbocycles. The van der Waals surface area contributed by atoms with Crippen LogP contribution in [0.15, 0.2) is 0 Å². The first kappa shape index (κ1) is 40.0. The summed E-state index contributed by atoms with van der Waals surface area (Å²) in [7, 11) is 0. The topological polar surface area (TPSA) is 156 Å². The Morgan fingerprint density at radius 3 is 1.00 bits per heavy atom. The molecule has 2 atom stereocenters. The summed E-state index contributed by atoms with van der Waals surface area (Å²) in [6, 6.07) is 0. The molecule has 220 valence electrons. The van der Waals surface area contributed by atoms with Crippen molar-refractivity contribution in [3.05, 3.63) is 0 Å². The molecular weight excluding hydrogens is 565 g/mol. The van der Waals surface area contributed by atoms with E-state index in [2.05, 4.69) is 13.8 Å². The van der Waals surface area contributed by atoms with Crippen molar-refractivity contribution in [3.8, 4) is 0 Å². The van der Waals surface area contributed by atoms with Crippen LogP contribution in [-0.4, -0.2) is 106 Å². The first-order valence-corrected chi connectivity index (χ1v) is 19.9. The maximum absolute atomic E-state index is 5.45. The third-order valence-electron chi connectivity index (χ3n) is 4.98. The first-order valence-electron chi connectivity index (χ1n) is 13.4. The molecule has 0 amide bonds. The molecule has 2 aliphatic rings. The van der Waals surface area contributed by atoms with Crippen molar-refractivity contribution in [2.45, 2.75) is 60.5 Å². The van der Waals surface area contributed by atoms with Gasteiger partial charge in [-0.15, -0.1) is 0 Å². The van der Waals surface area contributed by atoms with E-state index in [0.717, 1.165) is 94.8 Å². The third-order valence-corrected chi connectivity index (χ3v) is 12.6. The van der Waals surface area contributed by atoms with E-state index in [1.807, 2.05) is 70.6 Å². The van der Waals surface area contributed by atoms with E-state index in [1.165, 1.54) is 37.2 Å². The minimum atomic E-state index is 0.815. The van der Waals surface area contributed by atoms with Gasteiger partial charge in [0.05, 0.1) is 0 Å². The Morgan fingerprint density at radius 1 is 0.472 bits per heavy atom. The number of hydrogen-bond acceptors (Lipinski definition) is 12. The van der Waals surface area contributed by atoms with E-state index in [-0.39, 0.29) is 0 Å². The summed E-state index contributed by atoms with van der Waals surface area (Å²) in [5.41, 5.74) is 32.2. The number of nitrogens with two attached hydrogens (primary N) is 6. The van der Waals surface area contributed by atoms with E-state index in [9.17, 15) is 0 Å². The summed E-state index contributed by atoms with van der Waals surface area (Å²) in [6.45, 7) is 9.19. The van der Waals surface area contributed by atoms with Crippen LogP contribution in [0.1, 0.15) is 39.5 Å². The molecule has 12 heteroatoms. The van der Waals surface area contributed by atoms with E-state index in [4.69, 9.17) is 34.4 Å². The highest BCUT2D eigenvalue weighted by Crippen LogP contribution is 2.40. The Hall–Kier alpha value is 1.86. The SMILES string of the molecule is CCSCCN.CCSCCN.NCCSC1CC(SCCN)C1.NCCSC1CCC1SCCN. The fourth-order valence-corrected chi connectivity index (χ4v) is 9.20. The highest BCUT2D eigenvalue weighted by Gasteiger charge is 2.30. The standard InChI is InChI=1S/2C8H18N2S2.2C4H11NS/c9-1-3-11-7-5-8(6-7)12-4-2-10;9-3-5-11-7-1-2-8(7)12-6-4-10;2*1-2-6-4-3-5/h2*7-8H,1-6,9-10H2;2*2-5H2,1H3. The lowest BCUT2D eigenvalue weighted by molar-refractivity contribution is 0.540. The van der Waals surface area contributed by atoms with E-state index in [0.29, 0.717) is 0 Å². The smallest absolute Gasteiger partial charge is 0.0167 e. The van der Waals surface area contributed by atoms with Crippen molar-refractivity contribution in [1.82, 2.24) is 0 Å². The second-order valence-electron chi connectivity index (χ2n) is 7.98. The second-order valence-corrected chi connectivity index (χ2v) is 16.3. The number of hydrogen-bond donors (Lipinski definition) is 6. The largest absolute Gasteiger partial charge is 0.330 e. The van der Waals surface area contributed by atoms with E-state index >= 15 is 0 Å². The molecule has 2 saturated carbocycles. The van der Waals surface area contributed by atoms with Crippen LogP contribution in [0.4, 0.5) is 0 Å². The molecule has 0 aromatic rings. The quantitative estimate of drug-likeness (QED) is 0.124. The first-order chi connectivity index (χ1) is 17.6. The molecule has 0 bridgehead atoms. The highest BCUT2D eigenvalue weighted by molar-refractivity contribution is 8.04. The van der Waals surface area contributed by atoms with Gasteiger partial charge in [0.2, 0.25) is 0 Å². The van der Waals surface area contributed by atoms with Gasteiger partial charge in [-0.05, 0) is 37.2 Å². The van der Waals surface area contributed by atoms with E-state index in [1.54, 1.807) is 0 Å². The summed E-state index contributed by atoms with van der Waals surface area (Å²) in [5.74, 6) is 9.08. The van der Waals surface area contributed by atoms with Crippen LogP contribution in [0.3, 0.4) is 0 Å². The van der Waals surface area contributed by atoms with Gasteiger partial charge in [0.1, 0.15) is 0 Å². The average Bonchev–Trinajstić information content (AvgIpc) is 2.86. The average molecular weight is 623 g/mol. The van der Waals surface area contributed by atoms with Crippen molar-refractivity contribution in [2.75, 3.05) is 85.3 Å². The molecular formula is C24H58N6S6. The lowest BCUT2D eigenvalue weighted by Crippen LogP contribution is -2.33. The molecule has 0 aliphatic heterocycles. The molecule has 0 saturated heterocycles. The van der Waals surface area contributed by atoms with Crippen LogP contribution in [0.2, 0.25) is 0 Å². The van der Waals surface area contributed by atoms with Crippen LogP contribution in [0, 0.1) is 0 Å². The lowest BCUT2D eigenvalue weighted by atomic mass is 9.99. The van der Waals surface area contributed by atoms with Gasteiger partial charge in [-0.2, -0.15) is 70.6 Å². The van der Waals surface area contributed by atoms with E-state index < -0.39 is 0 Å². The van der Waals surface area contributed by atoms with Crippen LogP contribution >= 0.6 is 70.6 Å². The highest BCUT2D eigenvalue weighted by atomic mass is 32.2. The van der Waals surface area contributed by atoms with Gasteiger partial charge < -0.3 is 34.4 Å². The summed E-state index contributed by atoms with van der Waals surface area (Å²) in [4.78, 5) is 0. The van der Waals surface area contributed by atoms with Gasteiger partial charge in [-0.3, -0.25) is 0 Å². The molecule has 6 nitrogen and oxygen atoms in total. The van der Waals surface area contributed by atoms with Crippen LogP contribution in [-0.2, 0) is 0 Å². The fourth-order valence-electron chi connectivity index (χ4n) is 2.97. The Morgan fingerprint density at radius 2 is 0.778 bits per heavy atom. The summed E-state index contributed by atoms with van der Waals surface area (Å²) < 4.78 is 0. The van der Waals surface area contributed by atoms with Gasteiger partial charge in [-0.1, -0.05) is 13.8 Å². The zero-order valence-corrected chi connectivity index (χ0v) is 27.8. The fraction of sp³-hybridized carbons (Fsp3) is 1.00.